The van der Waals surface area contributed by atoms with Crippen LogP contribution in [0.2, 0.25) is 0 Å². The second kappa shape index (κ2) is 6.69. The smallest absolute Gasteiger partial charge is 0.274 e. The number of aryl methyl sites for hydroxylation is 1. The largest absolute Gasteiger partial charge is 0.454 e. The molecule has 0 spiro atoms. The fraction of sp³-hybridized carbons (Fsp3) is 0.353. The summed E-state index contributed by atoms with van der Waals surface area (Å²) in [6, 6.07) is 6.43. The van der Waals surface area contributed by atoms with Gasteiger partial charge in [0.15, 0.2) is 21.3 Å². The van der Waals surface area contributed by atoms with Gasteiger partial charge in [-0.15, -0.1) is 0 Å². The van der Waals surface area contributed by atoms with E-state index in [0.717, 1.165) is 0 Å². The number of aromatic nitrogens is 2. The van der Waals surface area contributed by atoms with Gasteiger partial charge in [0.25, 0.3) is 5.91 Å². The number of nitrogens with zero attached hydrogens (tertiary/aromatic N) is 2. The number of hydrogen-bond acceptors (Lipinski definition) is 8. The molecule has 9 nitrogen and oxygen atoms in total. The average molecular weight is 390 g/mol. The first-order chi connectivity index (χ1) is 12.9. The number of amides is 1. The quantitative estimate of drug-likeness (QED) is 0.803. The number of carbonyl (C=O) groups excluding carboxylic acids is 1. The summed E-state index contributed by atoms with van der Waals surface area (Å²) in [5, 5.41) is 5.77. The van der Waals surface area contributed by atoms with Gasteiger partial charge in [-0.1, -0.05) is 0 Å². The van der Waals surface area contributed by atoms with Crippen LogP contribution < -0.4 is 20.1 Å². The summed E-state index contributed by atoms with van der Waals surface area (Å²) in [7, 11) is -3.02. The van der Waals surface area contributed by atoms with Crippen molar-refractivity contribution in [3.8, 4) is 11.5 Å². The van der Waals surface area contributed by atoms with Crippen LogP contribution in [-0.4, -0.2) is 48.6 Å². The number of sulfone groups is 1. The van der Waals surface area contributed by atoms with Gasteiger partial charge in [0.2, 0.25) is 12.7 Å². The molecule has 1 fully saturated rings. The molecule has 3 heterocycles. The number of anilines is 2. The molecule has 2 aliphatic rings. The Labute approximate surface area is 156 Å². The molecular formula is C17H18N4O5S. The maximum Gasteiger partial charge on any atom is 0.274 e. The highest BCUT2D eigenvalue weighted by Gasteiger charge is 2.28. The monoisotopic (exact) mass is 390 g/mol. The van der Waals surface area contributed by atoms with Crippen molar-refractivity contribution in [2.24, 2.45) is 0 Å². The second-order valence-corrected chi connectivity index (χ2v) is 8.71. The number of nitrogens with one attached hydrogen (secondary N) is 2. The van der Waals surface area contributed by atoms with Gasteiger partial charge in [0, 0.05) is 23.5 Å². The summed E-state index contributed by atoms with van der Waals surface area (Å²) in [6.07, 6.45) is 0.498. The summed E-state index contributed by atoms with van der Waals surface area (Å²) in [5.74, 6) is 1.23. The normalized spacial score (nSPS) is 19.7. The number of hydrogen-bond donors (Lipinski definition) is 2. The summed E-state index contributed by atoms with van der Waals surface area (Å²) >= 11 is 0. The van der Waals surface area contributed by atoms with Crippen LogP contribution in [0.1, 0.15) is 22.6 Å². The van der Waals surface area contributed by atoms with E-state index in [-0.39, 0.29) is 36.0 Å². The molecule has 1 unspecified atom stereocenters. The average Bonchev–Trinajstić information content (AvgIpc) is 3.19. The first-order valence-corrected chi connectivity index (χ1v) is 10.2. The zero-order chi connectivity index (χ0) is 19.0. The highest BCUT2D eigenvalue weighted by molar-refractivity contribution is 7.91. The lowest BCUT2D eigenvalue weighted by molar-refractivity contribution is 0.102. The van der Waals surface area contributed by atoms with Crippen molar-refractivity contribution in [2.75, 3.05) is 28.9 Å². The van der Waals surface area contributed by atoms with Crippen LogP contribution in [0.3, 0.4) is 0 Å². The number of benzene rings is 1. The molecule has 10 heteroatoms. The van der Waals surface area contributed by atoms with Gasteiger partial charge in [-0.3, -0.25) is 4.79 Å². The van der Waals surface area contributed by atoms with Crippen molar-refractivity contribution in [2.45, 2.75) is 19.4 Å². The molecule has 142 valence electrons. The Morgan fingerprint density at radius 3 is 2.78 bits per heavy atom. The molecule has 0 bridgehead atoms. The Bertz CT molecular complexity index is 1010. The topological polar surface area (TPSA) is 120 Å². The van der Waals surface area contributed by atoms with E-state index in [0.29, 0.717) is 29.3 Å². The summed E-state index contributed by atoms with van der Waals surface area (Å²) in [4.78, 5) is 21.0. The van der Waals surface area contributed by atoms with Gasteiger partial charge in [-0.05, 0) is 31.5 Å². The Balaban J connectivity index is 1.49. The van der Waals surface area contributed by atoms with Gasteiger partial charge >= 0.3 is 0 Å². The fourth-order valence-corrected chi connectivity index (χ4v) is 4.68. The van der Waals surface area contributed by atoms with E-state index in [2.05, 4.69) is 20.6 Å². The molecule has 0 radical (unpaired) electrons. The molecule has 1 atom stereocenters. The lowest BCUT2D eigenvalue weighted by atomic mass is 10.2. The minimum absolute atomic E-state index is 0.0447. The van der Waals surface area contributed by atoms with Crippen LogP contribution in [0.4, 0.5) is 11.6 Å². The van der Waals surface area contributed by atoms with Gasteiger partial charge in [-0.2, -0.15) is 0 Å². The van der Waals surface area contributed by atoms with Crippen molar-refractivity contribution in [3.63, 3.8) is 0 Å². The number of carbonyl (C=O) groups is 1. The van der Waals surface area contributed by atoms with E-state index in [1.807, 2.05) is 0 Å². The summed E-state index contributed by atoms with van der Waals surface area (Å²) < 4.78 is 33.7. The standard InChI is InChI=1S/C17H18N4O5S/c1-10-6-13(21-17(18-10)20-12-4-5-27(23,24)8-12)16(22)19-11-2-3-14-15(7-11)26-9-25-14/h2-3,6-7,12H,4-5,8-9H2,1H3,(H,19,22)(H,18,20,21). The van der Waals surface area contributed by atoms with E-state index in [1.54, 1.807) is 31.2 Å². The van der Waals surface area contributed by atoms with Gasteiger partial charge in [0.05, 0.1) is 11.5 Å². The second-order valence-electron chi connectivity index (χ2n) is 6.48. The Morgan fingerprint density at radius 1 is 1.19 bits per heavy atom. The van der Waals surface area contributed by atoms with Crippen molar-refractivity contribution in [3.05, 3.63) is 35.7 Å². The minimum atomic E-state index is -3.02. The Hall–Kier alpha value is -2.88. The molecule has 1 aromatic carbocycles. The van der Waals surface area contributed by atoms with Crippen LogP contribution in [0.5, 0.6) is 11.5 Å². The third-order valence-electron chi connectivity index (χ3n) is 4.28. The predicted octanol–water partition coefficient (Wildman–Crippen LogP) is 1.37. The molecule has 0 saturated carbocycles. The molecule has 4 rings (SSSR count). The van der Waals surface area contributed by atoms with Crippen LogP contribution in [-0.2, 0) is 9.84 Å². The summed E-state index contributed by atoms with van der Waals surface area (Å²) in [5.41, 5.74) is 1.34. The van der Waals surface area contributed by atoms with E-state index in [9.17, 15) is 13.2 Å². The van der Waals surface area contributed by atoms with Gasteiger partial charge in [-0.25, -0.2) is 18.4 Å². The number of fused-ring (bicyclic) bond motifs is 1. The van der Waals surface area contributed by atoms with Gasteiger partial charge in [0.1, 0.15) is 5.69 Å². The van der Waals surface area contributed by atoms with Crippen molar-refractivity contribution >= 4 is 27.4 Å². The highest BCUT2D eigenvalue weighted by Crippen LogP contribution is 2.34. The zero-order valence-corrected chi connectivity index (χ0v) is 15.4. The van der Waals surface area contributed by atoms with Crippen molar-refractivity contribution in [1.29, 1.82) is 0 Å². The molecule has 27 heavy (non-hydrogen) atoms. The van der Waals surface area contributed by atoms with Gasteiger partial charge < -0.3 is 20.1 Å². The molecular weight excluding hydrogens is 372 g/mol. The molecule has 0 aliphatic carbocycles. The lowest BCUT2D eigenvalue weighted by Gasteiger charge is -2.12. The van der Waals surface area contributed by atoms with Crippen LogP contribution in [0, 0.1) is 6.92 Å². The van der Waals surface area contributed by atoms with Crippen molar-refractivity contribution < 1.29 is 22.7 Å². The summed E-state index contributed by atoms with van der Waals surface area (Å²) in [6.45, 7) is 1.90. The first kappa shape index (κ1) is 17.5. The van der Waals surface area contributed by atoms with E-state index >= 15 is 0 Å². The van der Waals surface area contributed by atoms with E-state index in [1.165, 1.54) is 0 Å². The molecule has 1 saturated heterocycles. The lowest BCUT2D eigenvalue weighted by Crippen LogP contribution is -2.23. The SMILES string of the molecule is Cc1cc(C(=O)Nc2ccc3c(c2)OCO3)nc(NC2CCS(=O)(=O)C2)n1. The fourth-order valence-electron chi connectivity index (χ4n) is 3.01. The van der Waals surface area contributed by atoms with Crippen LogP contribution >= 0.6 is 0 Å². The van der Waals surface area contributed by atoms with Crippen molar-refractivity contribution in [1.82, 2.24) is 9.97 Å². The molecule has 1 aromatic heterocycles. The Morgan fingerprint density at radius 2 is 2.00 bits per heavy atom. The first-order valence-electron chi connectivity index (χ1n) is 8.42. The third kappa shape index (κ3) is 3.95. The third-order valence-corrected chi connectivity index (χ3v) is 6.05. The Kier molecular flexibility index (Phi) is 4.34. The maximum absolute atomic E-state index is 12.6. The molecule has 2 aliphatic heterocycles. The van der Waals surface area contributed by atoms with E-state index < -0.39 is 15.7 Å². The van der Waals surface area contributed by atoms with Crippen LogP contribution in [0.25, 0.3) is 0 Å². The maximum atomic E-state index is 12.6. The number of rotatable bonds is 4. The molecule has 1 amide bonds. The molecule has 2 N–H and O–H groups in total. The van der Waals surface area contributed by atoms with E-state index in [4.69, 9.17) is 9.47 Å². The van der Waals surface area contributed by atoms with Crippen LogP contribution in [0.15, 0.2) is 24.3 Å². The zero-order valence-electron chi connectivity index (χ0n) is 14.6. The number of ether oxygens (including phenoxy) is 2. The molecule has 2 aromatic rings. The highest BCUT2D eigenvalue weighted by atomic mass is 32.2. The predicted molar refractivity (Wildman–Crippen MR) is 98.0 cm³/mol. The minimum Gasteiger partial charge on any atom is -0.454 e.